The van der Waals surface area contributed by atoms with E-state index in [0.717, 1.165) is 12.8 Å². The number of hydrogen-bond acceptors (Lipinski definition) is 1. The van der Waals surface area contributed by atoms with Crippen LogP contribution in [0.25, 0.3) is 0 Å². The van der Waals surface area contributed by atoms with E-state index in [1.165, 1.54) is 44.9 Å². The first kappa shape index (κ1) is 17.5. The Labute approximate surface area is 113 Å². The lowest BCUT2D eigenvalue weighted by atomic mass is 9.84. The van der Waals surface area contributed by atoms with Crippen molar-refractivity contribution in [2.24, 2.45) is 11.8 Å². The maximum Gasteiger partial charge on any atom is 0.303 e. The summed E-state index contributed by atoms with van der Waals surface area (Å²) in [7, 11) is 0. The summed E-state index contributed by atoms with van der Waals surface area (Å²) in [5.41, 5.74) is 0. The average molecular weight is 256 g/mol. The molecule has 2 heteroatoms. The van der Waals surface area contributed by atoms with Crippen LogP contribution in [0.2, 0.25) is 0 Å². The molecule has 0 heterocycles. The zero-order valence-corrected chi connectivity index (χ0v) is 12.6. The molecule has 2 unspecified atom stereocenters. The molecule has 0 aromatic rings. The van der Waals surface area contributed by atoms with Gasteiger partial charge in [-0.05, 0) is 18.3 Å². The van der Waals surface area contributed by atoms with E-state index in [0.29, 0.717) is 18.3 Å². The maximum atomic E-state index is 10.8. The van der Waals surface area contributed by atoms with Gasteiger partial charge in [0.05, 0.1) is 0 Å². The van der Waals surface area contributed by atoms with Gasteiger partial charge in [-0.25, -0.2) is 0 Å². The monoisotopic (exact) mass is 256 g/mol. The smallest absolute Gasteiger partial charge is 0.303 e. The highest BCUT2D eigenvalue weighted by molar-refractivity contribution is 5.67. The molecule has 0 fully saturated rings. The maximum absolute atomic E-state index is 10.8. The second kappa shape index (κ2) is 11.6. The van der Waals surface area contributed by atoms with Gasteiger partial charge in [0.2, 0.25) is 0 Å². The van der Waals surface area contributed by atoms with Crippen molar-refractivity contribution < 1.29 is 9.90 Å². The highest BCUT2D eigenvalue weighted by atomic mass is 16.4. The molecule has 0 aliphatic carbocycles. The van der Waals surface area contributed by atoms with E-state index in [-0.39, 0.29) is 0 Å². The van der Waals surface area contributed by atoms with E-state index in [9.17, 15) is 4.79 Å². The second-order valence-electron chi connectivity index (χ2n) is 5.68. The van der Waals surface area contributed by atoms with Gasteiger partial charge in [-0.15, -0.1) is 0 Å². The normalized spacial score (nSPS) is 14.4. The van der Waals surface area contributed by atoms with Crippen molar-refractivity contribution in [2.75, 3.05) is 0 Å². The lowest BCUT2D eigenvalue weighted by Gasteiger charge is -2.22. The third-order valence-corrected chi connectivity index (χ3v) is 3.91. The Morgan fingerprint density at radius 3 is 2.11 bits per heavy atom. The Morgan fingerprint density at radius 2 is 1.56 bits per heavy atom. The Kier molecular flexibility index (Phi) is 11.2. The lowest BCUT2D eigenvalue weighted by Crippen LogP contribution is -2.16. The minimum atomic E-state index is -0.636. The number of hydrogen-bond donors (Lipinski definition) is 1. The van der Waals surface area contributed by atoms with E-state index in [4.69, 9.17) is 5.11 Å². The Balaban J connectivity index is 3.73. The minimum Gasteiger partial charge on any atom is -0.481 e. The number of carbonyl (C=O) groups is 1. The first-order valence-electron chi connectivity index (χ1n) is 7.83. The van der Waals surface area contributed by atoms with Gasteiger partial charge in [0.1, 0.15) is 0 Å². The molecule has 0 radical (unpaired) electrons. The number of rotatable bonds is 12. The molecule has 0 saturated carbocycles. The Hall–Kier alpha value is -0.530. The second-order valence-corrected chi connectivity index (χ2v) is 5.68. The Bertz CT molecular complexity index is 201. The van der Waals surface area contributed by atoms with Gasteiger partial charge in [0, 0.05) is 6.42 Å². The van der Waals surface area contributed by atoms with E-state index < -0.39 is 5.97 Å². The van der Waals surface area contributed by atoms with Crippen LogP contribution in [0, 0.1) is 11.8 Å². The number of aliphatic carboxylic acids is 1. The number of carboxylic acids is 1. The average Bonchev–Trinajstić information content (AvgIpc) is 2.32. The van der Waals surface area contributed by atoms with Crippen LogP contribution in [0.4, 0.5) is 0 Å². The first-order chi connectivity index (χ1) is 8.61. The molecular weight excluding hydrogens is 224 g/mol. The summed E-state index contributed by atoms with van der Waals surface area (Å²) < 4.78 is 0. The lowest BCUT2D eigenvalue weighted by molar-refractivity contribution is -0.138. The van der Waals surface area contributed by atoms with Crippen molar-refractivity contribution in [3.63, 3.8) is 0 Å². The predicted molar refractivity (Wildman–Crippen MR) is 77.8 cm³/mol. The molecule has 0 rings (SSSR count). The highest BCUT2D eigenvalue weighted by Gasteiger charge is 2.19. The Morgan fingerprint density at radius 1 is 0.944 bits per heavy atom. The molecule has 0 spiro atoms. The third kappa shape index (κ3) is 9.49. The molecule has 18 heavy (non-hydrogen) atoms. The zero-order valence-electron chi connectivity index (χ0n) is 12.6. The fourth-order valence-corrected chi connectivity index (χ4v) is 2.67. The van der Waals surface area contributed by atoms with Gasteiger partial charge in [-0.1, -0.05) is 72.1 Å². The van der Waals surface area contributed by atoms with Gasteiger partial charge in [-0.2, -0.15) is 0 Å². The van der Waals surface area contributed by atoms with Gasteiger partial charge in [0.15, 0.2) is 0 Å². The van der Waals surface area contributed by atoms with Crippen LogP contribution >= 0.6 is 0 Å². The summed E-state index contributed by atoms with van der Waals surface area (Å²) in [6, 6.07) is 0. The van der Waals surface area contributed by atoms with Crippen molar-refractivity contribution in [3.8, 4) is 0 Å². The molecule has 1 N–H and O–H groups in total. The molecule has 0 amide bonds. The first-order valence-corrected chi connectivity index (χ1v) is 7.83. The van der Waals surface area contributed by atoms with Crippen LogP contribution in [0.1, 0.15) is 85.0 Å². The van der Waals surface area contributed by atoms with Gasteiger partial charge in [-0.3, -0.25) is 4.79 Å². The molecule has 2 nitrogen and oxygen atoms in total. The van der Waals surface area contributed by atoms with Crippen molar-refractivity contribution >= 4 is 5.97 Å². The summed E-state index contributed by atoms with van der Waals surface area (Å²) in [4.78, 5) is 10.8. The molecule has 0 saturated heterocycles. The SMILES string of the molecule is CCCCCCCCC(C)C(CCC)CC(=O)O. The van der Waals surface area contributed by atoms with Crippen LogP contribution in [-0.4, -0.2) is 11.1 Å². The predicted octanol–water partition coefficient (Wildman–Crippen LogP) is 5.26. The van der Waals surface area contributed by atoms with Crippen LogP contribution < -0.4 is 0 Å². The largest absolute Gasteiger partial charge is 0.481 e. The van der Waals surface area contributed by atoms with Crippen LogP contribution in [0.15, 0.2) is 0 Å². The van der Waals surface area contributed by atoms with Crippen molar-refractivity contribution in [3.05, 3.63) is 0 Å². The highest BCUT2D eigenvalue weighted by Crippen LogP contribution is 2.26. The molecule has 2 atom stereocenters. The van der Waals surface area contributed by atoms with Crippen molar-refractivity contribution in [2.45, 2.75) is 85.0 Å². The van der Waals surface area contributed by atoms with Crippen LogP contribution in [0.3, 0.4) is 0 Å². The quantitative estimate of drug-likeness (QED) is 0.483. The summed E-state index contributed by atoms with van der Waals surface area (Å²) in [5, 5.41) is 8.93. The molecule has 0 aromatic carbocycles. The molecular formula is C16H32O2. The van der Waals surface area contributed by atoms with Crippen molar-refractivity contribution in [1.82, 2.24) is 0 Å². The topological polar surface area (TPSA) is 37.3 Å². The third-order valence-electron chi connectivity index (χ3n) is 3.91. The van der Waals surface area contributed by atoms with E-state index in [1.54, 1.807) is 0 Å². The summed E-state index contributed by atoms with van der Waals surface area (Å²) in [6.45, 7) is 6.62. The number of unbranched alkanes of at least 4 members (excludes halogenated alkanes) is 5. The molecule has 0 bridgehead atoms. The molecule has 108 valence electrons. The fraction of sp³-hybridized carbons (Fsp3) is 0.938. The van der Waals surface area contributed by atoms with Crippen LogP contribution in [0.5, 0.6) is 0 Å². The van der Waals surface area contributed by atoms with E-state index in [1.807, 2.05) is 0 Å². The standard InChI is InChI=1S/C16H32O2/c1-4-6-7-8-9-10-12-14(3)15(11-5-2)13-16(17)18/h14-15H,4-13H2,1-3H3,(H,17,18). The summed E-state index contributed by atoms with van der Waals surface area (Å²) >= 11 is 0. The molecule has 0 aliphatic rings. The van der Waals surface area contributed by atoms with E-state index in [2.05, 4.69) is 20.8 Å². The summed E-state index contributed by atoms with van der Waals surface area (Å²) in [6.07, 6.45) is 11.6. The minimum absolute atomic E-state index is 0.352. The van der Waals surface area contributed by atoms with E-state index >= 15 is 0 Å². The number of carboxylic acid groups (broad SMARTS) is 1. The fourth-order valence-electron chi connectivity index (χ4n) is 2.67. The van der Waals surface area contributed by atoms with Crippen LogP contribution in [-0.2, 0) is 4.79 Å². The molecule has 0 aliphatic heterocycles. The summed E-state index contributed by atoms with van der Waals surface area (Å²) in [5.74, 6) is 0.304. The zero-order chi connectivity index (χ0) is 13.8. The van der Waals surface area contributed by atoms with Gasteiger partial charge in [0.25, 0.3) is 0 Å². The molecule has 0 aromatic heterocycles. The van der Waals surface area contributed by atoms with Gasteiger partial charge >= 0.3 is 5.97 Å². The van der Waals surface area contributed by atoms with Gasteiger partial charge < -0.3 is 5.11 Å². The van der Waals surface area contributed by atoms with Crippen molar-refractivity contribution in [1.29, 1.82) is 0 Å².